The van der Waals surface area contributed by atoms with Crippen LogP contribution in [0.1, 0.15) is 23.7 Å². The Hall–Kier alpha value is -0.770. The molecule has 1 aromatic rings. The quantitative estimate of drug-likeness (QED) is 0.875. The normalized spacial score (nSPS) is 12.2. The van der Waals surface area contributed by atoms with Crippen LogP contribution in [0, 0.1) is 0 Å². The highest BCUT2D eigenvalue weighted by molar-refractivity contribution is 6.35. The molecule has 0 aliphatic heterocycles. The number of carbonyl (C=O) groups excluding carboxylic acids is 1. The summed E-state index contributed by atoms with van der Waals surface area (Å²) in [6.45, 7) is 2.07. The van der Waals surface area contributed by atoms with Crippen molar-refractivity contribution in [1.29, 1.82) is 0 Å². The minimum Gasteiger partial charge on any atom is -0.393 e. The van der Waals surface area contributed by atoms with Crippen LogP contribution in [0.3, 0.4) is 0 Å². The van der Waals surface area contributed by atoms with E-state index < -0.39 is 6.10 Å². The van der Waals surface area contributed by atoms with Crippen molar-refractivity contribution < 1.29 is 9.90 Å². The van der Waals surface area contributed by atoms with Gasteiger partial charge >= 0.3 is 0 Å². The Morgan fingerprint density at radius 1 is 1.50 bits per heavy atom. The summed E-state index contributed by atoms with van der Waals surface area (Å²) in [6, 6.07) is 4.71. The Labute approximate surface area is 104 Å². The summed E-state index contributed by atoms with van der Waals surface area (Å²) < 4.78 is 0. The Morgan fingerprint density at radius 2 is 2.19 bits per heavy atom. The third kappa shape index (κ3) is 4.00. The molecule has 5 heteroatoms. The second-order valence-electron chi connectivity index (χ2n) is 3.52. The standard InChI is InChI=1S/C11H13Cl2NO2/c1-7(15)4-5-14-11(16)9-6-8(12)2-3-10(9)13/h2-3,6-7,15H,4-5H2,1H3,(H,14,16). The Balaban J connectivity index is 2.62. The van der Waals surface area contributed by atoms with Crippen LogP contribution < -0.4 is 5.32 Å². The first-order chi connectivity index (χ1) is 7.50. The summed E-state index contributed by atoms with van der Waals surface area (Å²) in [7, 11) is 0. The number of aliphatic hydroxyl groups excluding tert-OH is 1. The zero-order valence-corrected chi connectivity index (χ0v) is 10.3. The Morgan fingerprint density at radius 3 is 2.81 bits per heavy atom. The van der Waals surface area contributed by atoms with Gasteiger partial charge in [-0.3, -0.25) is 4.79 Å². The van der Waals surface area contributed by atoms with Crippen molar-refractivity contribution in [2.75, 3.05) is 6.54 Å². The van der Waals surface area contributed by atoms with E-state index in [9.17, 15) is 4.79 Å². The van der Waals surface area contributed by atoms with Gasteiger partial charge in [0.1, 0.15) is 0 Å². The molecule has 1 atom stereocenters. The van der Waals surface area contributed by atoms with E-state index in [2.05, 4.69) is 5.32 Å². The van der Waals surface area contributed by atoms with Crippen molar-refractivity contribution in [3.05, 3.63) is 33.8 Å². The van der Waals surface area contributed by atoms with Crippen LogP contribution in [0.2, 0.25) is 10.0 Å². The number of benzene rings is 1. The number of rotatable bonds is 4. The number of carbonyl (C=O) groups is 1. The maximum absolute atomic E-state index is 11.7. The van der Waals surface area contributed by atoms with Crippen molar-refractivity contribution in [3.8, 4) is 0 Å². The molecule has 16 heavy (non-hydrogen) atoms. The summed E-state index contributed by atoms with van der Waals surface area (Å²) in [4.78, 5) is 11.7. The molecule has 0 radical (unpaired) electrons. The SMILES string of the molecule is CC(O)CCNC(=O)c1cc(Cl)ccc1Cl. The fourth-order valence-corrected chi connectivity index (χ4v) is 1.54. The molecule has 1 aromatic carbocycles. The monoisotopic (exact) mass is 261 g/mol. The molecule has 2 N–H and O–H groups in total. The molecule has 0 saturated carbocycles. The van der Waals surface area contributed by atoms with Crippen LogP contribution in [0.15, 0.2) is 18.2 Å². The maximum Gasteiger partial charge on any atom is 0.252 e. The van der Waals surface area contributed by atoms with Gasteiger partial charge in [0, 0.05) is 11.6 Å². The van der Waals surface area contributed by atoms with Crippen LogP contribution in [0.4, 0.5) is 0 Å². The number of aliphatic hydroxyl groups is 1. The minimum atomic E-state index is -0.435. The summed E-state index contributed by atoms with van der Waals surface area (Å²) in [5.74, 6) is -0.284. The van der Waals surface area contributed by atoms with Crippen molar-refractivity contribution in [2.45, 2.75) is 19.4 Å². The Bertz CT molecular complexity index is 380. The second-order valence-corrected chi connectivity index (χ2v) is 4.36. The number of hydrogen-bond donors (Lipinski definition) is 2. The van der Waals surface area contributed by atoms with Crippen LogP contribution in [0.5, 0.6) is 0 Å². The van der Waals surface area contributed by atoms with Crippen LogP contribution >= 0.6 is 23.2 Å². The van der Waals surface area contributed by atoms with Crippen LogP contribution in [0.25, 0.3) is 0 Å². The fraction of sp³-hybridized carbons (Fsp3) is 0.364. The van der Waals surface area contributed by atoms with E-state index >= 15 is 0 Å². The van der Waals surface area contributed by atoms with E-state index in [0.717, 1.165) is 0 Å². The molecule has 0 heterocycles. The van der Waals surface area contributed by atoms with Gasteiger partial charge in [-0.25, -0.2) is 0 Å². The molecule has 1 unspecified atom stereocenters. The molecule has 1 rings (SSSR count). The average Bonchev–Trinajstić information content (AvgIpc) is 2.21. The van der Waals surface area contributed by atoms with Crippen molar-refractivity contribution in [2.24, 2.45) is 0 Å². The van der Waals surface area contributed by atoms with Gasteiger partial charge in [-0.2, -0.15) is 0 Å². The molecular weight excluding hydrogens is 249 g/mol. The van der Waals surface area contributed by atoms with Crippen LogP contribution in [-0.2, 0) is 0 Å². The molecule has 1 amide bonds. The smallest absolute Gasteiger partial charge is 0.252 e. The highest BCUT2D eigenvalue weighted by Crippen LogP contribution is 2.20. The van der Waals surface area contributed by atoms with E-state index in [-0.39, 0.29) is 5.91 Å². The average molecular weight is 262 g/mol. The highest BCUT2D eigenvalue weighted by atomic mass is 35.5. The van der Waals surface area contributed by atoms with Gasteiger partial charge in [-0.05, 0) is 31.5 Å². The van der Waals surface area contributed by atoms with Gasteiger partial charge in [0.25, 0.3) is 5.91 Å². The van der Waals surface area contributed by atoms with E-state index in [0.29, 0.717) is 28.6 Å². The number of nitrogens with one attached hydrogen (secondary N) is 1. The van der Waals surface area contributed by atoms with E-state index in [4.69, 9.17) is 28.3 Å². The first-order valence-corrected chi connectivity index (χ1v) is 5.67. The first-order valence-electron chi connectivity index (χ1n) is 4.92. The third-order valence-electron chi connectivity index (χ3n) is 2.02. The third-order valence-corrected chi connectivity index (χ3v) is 2.59. The zero-order chi connectivity index (χ0) is 12.1. The summed E-state index contributed by atoms with van der Waals surface area (Å²) in [5.41, 5.74) is 0.347. The van der Waals surface area contributed by atoms with Gasteiger partial charge in [0.15, 0.2) is 0 Å². The van der Waals surface area contributed by atoms with E-state index in [1.54, 1.807) is 19.1 Å². The molecular formula is C11H13Cl2NO2. The molecule has 0 aliphatic carbocycles. The molecule has 0 aromatic heterocycles. The van der Waals surface area contributed by atoms with Crippen molar-refractivity contribution in [3.63, 3.8) is 0 Å². The molecule has 88 valence electrons. The summed E-state index contributed by atoms with van der Waals surface area (Å²) in [6.07, 6.45) is 0.0688. The predicted molar refractivity (Wildman–Crippen MR) is 65.1 cm³/mol. The van der Waals surface area contributed by atoms with E-state index in [1.807, 2.05) is 0 Å². The molecule has 0 saturated heterocycles. The van der Waals surface area contributed by atoms with Gasteiger partial charge in [0.2, 0.25) is 0 Å². The maximum atomic E-state index is 11.7. The van der Waals surface area contributed by atoms with Gasteiger partial charge in [-0.15, -0.1) is 0 Å². The molecule has 0 spiro atoms. The molecule has 0 fully saturated rings. The first kappa shape index (κ1) is 13.3. The number of hydrogen-bond acceptors (Lipinski definition) is 2. The van der Waals surface area contributed by atoms with Crippen LogP contribution in [-0.4, -0.2) is 23.7 Å². The summed E-state index contributed by atoms with van der Waals surface area (Å²) >= 11 is 11.6. The fourth-order valence-electron chi connectivity index (χ4n) is 1.16. The Kier molecular flexibility index (Phi) is 5.06. The lowest BCUT2D eigenvalue weighted by Crippen LogP contribution is -2.26. The van der Waals surface area contributed by atoms with Crippen molar-refractivity contribution >= 4 is 29.1 Å². The van der Waals surface area contributed by atoms with Gasteiger partial charge in [-0.1, -0.05) is 23.2 Å². The lowest BCUT2D eigenvalue weighted by molar-refractivity contribution is 0.0945. The minimum absolute atomic E-state index is 0.284. The molecule has 0 bridgehead atoms. The predicted octanol–water partition coefficient (Wildman–Crippen LogP) is 2.49. The molecule has 3 nitrogen and oxygen atoms in total. The van der Waals surface area contributed by atoms with E-state index in [1.165, 1.54) is 6.07 Å². The van der Waals surface area contributed by atoms with Gasteiger partial charge in [0.05, 0.1) is 16.7 Å². The lowest BCUT2D eigenvalue weighted by Gasteiger charge is -2.08. The second kappa shape index (κ2) is 6.09. The molecule has 0 aliphatic rings. The lowest BCUT2D eigenvalue weighted by atomic mass is 10.2. The number of halogens is 2. The number of amides is 1. The highest BCUT2D eigenvalue weighted by Gasteiger charge is 2.10. The zero-order valence-electron chi connectivity index (χ0n) is 8.84. The van der Waals surface area contributed by atoms with Gasteiger partial charge < -0.3 is 10.4 Å². The largest absolute Gasteiger partial charge is 0.393 e. The summed E-state index contributed by atoms with van der Waals surface area (Å²) in [5, 5.41) is 12.5. The van der Waals surface area contributed by atoms with Crippen molar-refractivity contribution in [1.82, 2.24) is 5.32 Å². The topological polar surface area (TPSA) is 49.3 Å².